The molecule has 6 nitrogen and oxygen atoms in total. The summed E-state index contributed by atoms with van der Waals surface area (Å²) in [5.74, 6) is 2.56. The van der Waals surface area contributed by atoms with Gasteiger partial charge in [-0.25, -0.2) is 13.7 Å². The number of hydrogen-bond acceptors (Lipinski definition) is 5. The highest BCUT2D eigenvalue weighted by atomic mass is 32.2. The van der Waals surface area contributed by atoms with E-state index in [0.717, 1.165) is 29.5 Å². The van der Waals surface area contributed by atoms with Crippen molar-refractivity contribution in [3.8, 4) is 17.2 Å². The van der Waals surface area contributed by atoms with Gasteiger partial charge in [-0.05, 0) is 68.1 Å². The Labute approximate surface area is 165 Å². The van der Waals surface area contributed by atoms with Crippen molar-refractivity contribution in [2.45, 2.75) is 30.7 Å². The van der Waals surface area contributed by atoms with E-state index >= 15 is 0 Å². The Morgan fingerprint density at radius 1 is 1.14 bits per heavy atom. The molecule has 146 valence electrons. The average molecular weight is 398 g/mol. The molecule has 2 unspecified atom stereocenters. The lowest BCUT2D eigenvalue weighted by Gasteiger charge is -2.11. The van der Waals surface area contributed by atoms with Crippen LogP contribution in [0.25, 0.3) is 10.9 Å². The first-order chi connectivity index (χ1) is 13.5. The highest BCUT2D eigenvalue weighted by Crippen LogP contribution is 2.35. The molecule has 2 aromatic carbocycles. The van der Waals surface area contributed by atoms with Gasteiger partial charge in [-0.2, -0.15) is 0 Å². The summed E-state index contributed by atoms with van der Waals surface area (Å²) in [6.07, 6.45) is 3.97. The predicted octanol–water partition coefficient (Wildman–Crippen LogP) is 4.53. The van der Waals surface area contributed by atoms with Gasteiger partial charge >= 0.3 is 0 Å². The van der Waals surface area contributed by atoms with E-state index in [9.17, 15) is 4.21 Å². The maximum absolute atomic E-state index is 12.8. The van der Waals surface area contributed by atoms with Gasteiger partial charge in [0.05, 0.1) is 23.6 Å². The zero-order valence-electron chi connectivity index (χ0n) is 15.9. The van der Waals surface area contributed by atoms with E-state index in [1.165, 1.54) is 0 Å². The summed E-state index contributed by atoms with van der Waals surface area (Å²) in [6, 6.07) is 14.4. The van der Waals surface area contributed by atoms with Crippen molar-refractivity contribution >= 4 is 20.8 Å². The molecule has 0 bridgehead atoms. The second kappa shape index (κ2) is 7.41. The molecule has 28 heavy (non-hydrogen) atoms. The van der Waals surface area contributed by atoms with Crippen LogP contribution in [-0.2, 0) is 9.92 Å². The van der Waals surface area contributed by atoms with Gasteiger partial charge < -0.3 is 9.47 Å². The lowest BCUT2D eigenvalue weighted by Crippen LogP contribution is -2.16. The third-order valence-corrected chi connectivity index (χ3v) is 6.52. The number of fused-ring (bicyclic) bond motifs is 1. The topological polar surface area (TPSA) is 86.8 Å². The van der Waals surface area contributed by atoms with Gasteiger partial charge in [0.25, 0.3) is 0 Å². The fourth-order valence-corrected chi connectivity index (χ4v) is 4.43. The molecule has 0 spiro atoms. The van der Waals surface area contributed by atoms with E-state index in [2.05, 4.69) is 9.35 Å². The Morgan fingerprint density at radius 3 is 2.54 bits per heavy atom. The van der Waals surface area contributed by atoms with E-state index in [1.807, 2.05) is 25.1 Å². The summed E-state index contributed by atoms with van der Waals surface area (Å²) >= 11 is 0. The van der Waals surface area contributed by atoms with E-state index < -0.39 is 9.92 Å². The fraction of sp³-hybridized carbons (Fsp3) is 0.286. The maximum Gasteiger partial charge on any atom is 0.138 e. The minimum absolute atomic E-state index is 0.0219. The molecule has 3 aromatic rings. The van der Waals surface area contributed by atoms with Crippen molar-refractivity contribution in [3.63, 3.8) is 0 Å². The second-order valence-corrected chi connectivity index (χ2v) is 8.84. The molecule has 0 amide bonds. The number of rotatable bonds is 6. The van der Waals surface area contributed by atoms with Gasteiger partial charge in [-0.1, -0.05) is 0 Å². The van der Waals surface area contributed by atoms with E-state index in [-0.39, 0.29) is 6.04 Å². The van der Waals surface area contributed by atoms with Crippen molar-refractivity contribution < 1.29 is 13.7 Å². The first-order valence-corrected chi connectivity index (χ1v) is 10.8. The summed E-state index contributed by atoms with van der Waals surface area (Å²) < 4.78 is 28.4. The van der Waals surface area contributed by atoms with Crippen molar-refractivity contribution in [1.29, 1.82) is 0 Å². The molecular weight excluding hydrogens is 374 g/mol. The van der Waals surface area contributed by atoms with Gasteiger partial charge in [0, 0.05) is 17.6 Å². The molecule has 1 aliphatic rings. The van der Waals surface area contributed by atoms with Crippen LogP contribution in [-0.4, -0.2) is 22.3 Å². The maximum atomic E-state index is 12.8. The monoisotopic (exact) mass is 397 g/mol. The Morgan fingerprint density at radius 2 is 1.86 bits per heavy atom. The number of methoxy groups -OCH3 is 1. The predicted molar refractivity (Wildman–Crippen MR) is 110 cm³/mol. The average Bonchev–Trinajstić information content (AvgIpc) is 3.53. The van der Waals surface area contributed by atoms with Crippen LogP contribution in [0.2, 0.25) is 0 Å². The van der Waals surface area contributed by atoms with Gasteiger partial charge in [-0.3, -0.25) is 4.98 Å². The molecule has 1 aromatic heterocycles. The van der Waals surface area contributed by atoms with E-state index in [1.54, 1.807) is 43.6 Å². The molecular formula is C21H23N3O3S. The van der Waals surface area contributed by atoms with Crippen LogP contribution in [0.15, 0.2) is 64.0 Å². The van der Waals surface area contributed by atoms with Crippen LogP contribution in [0.1, 0.15) is 19.8 Å². The van der Waals surface area contributed by atoms with Crippen molar-refractivity contribution in [1.82, 2.24) is 4.98 Å². The van der Waals surface area contributed by atoms with Crippen molar-refractivity contribution in [2.75, 3.05) is 7.11 Å². The molecule has 2 atom stereocenters. The van der Waals surface area contributed by atoms with Gasteiger partial charge in [-0.15, -0.1) is 0 Å². The quantitative estimate of drug-likeness (QED) is 0.662. The van der Waals surface area contributed by atoms with Crippen LogP contribution >= 0.6 is 0 Å². The number of ether oxygens (including phenoxy) is 2. The Balaban J connectivity index is 1.58. The molecule has 1 aliphatic carbocycles. The first-order valence-electron chi connectivity index (χ1n) is 9.21. The standard InChI is InChI=1S/C21H23N3O3S/c1-14(15-3-4-15)24-28(22,25)18-8-5-16(6-9-18)27-21-11-12-23-20-13-17(26-2)7-10-19(20)21/h5-15H,3-4H2,1-2H3,(H2,22,24,25). The van der Waals surface area contributed by atoms with Gasteiger partial charge in [0.15, 0.2) is 0 Å². The Bertz CT molecular complexity index is 1120. The molecule has 1 heterocycles. The molecule has 0 aliphatic heterocycles. The molecule has 2 N–H and O–H groups in total. The molecule has 0 saturated heterocycles. The minimum Gasteiger partial charge on any atom is -0.497 e. The fourth-order valence-electron chi connectivity index (χ4n) is 3.12. The number of benzene rings is 2. The Hall–Kier alpha value is -2.64. The molecule has 1 saturated carbocycles. The molecule has 7 heteroatoms. The third kappa shape index (κ3) is 3.95. The summed E-state index contributed by atoms with van der Waals surface area (Å²) in [5.41, 5.74) is 0.784. The highest BCUT2D eigenvalue weighted by Gasteiger charge is 2.28. The largest absolute Gasteiger partial charge is 0.497 e. The summed E-state index contributed by atoms with van der Waals surface area (Å²) in [5, 5.41) is 6.89. The van der Waals surface area contributed by atoms with Crippen LogP contribution in [0, 0.1) is 5.92 Å². The van der Waals surface area contributed by atoms with Crippen molar-refractivity contribution in [3.05, 3.63) is 54.7 Å². The summed E-state index contributed by atoms with van der Waals surface area (Å²) in [6.45, 7) is 1.98. The number of pyridine rings is 1. The number of nitrogens with zero attached hydrogens (tertiary/aromatic N) is 2. The lowest BCUT2D eigenvalue weighted by molar-refractivity contribution is 0.415. The van der Waals surface area contributed by atoms with E-state index in [4.69, 9.17) is 14.6 Å². The van der Waals surface area contributed by atoms with Crippen LogP contribution in [0.4, 0.5) is 0 Å². The van der Waals surface area contributed by atoms with Crippen LogP contribution in [0.3, 0.4) is 0 Å². The second-order valence-electron chi connectivity index (χ2n) is 7.02. The zero-order valence-corrected chi connectivity index (χ0v) is 16.7. The third-order valence-electron chi connectivity index (χ3n) is 4.93. The molecule has 1 fully saturated rings. The number of aromatic nitrogens is 1. The SMILES string of the molecule is COc1ccc2c(Oc3ccc(S(N)(=O)=NC(C)C4CC4)cc3)ccnc2c1. The lowest BCUT2D eigenvalue weighted by atomic mass is 10.2. The first kappa shape index (κ1) is 18.7. The minimum atomic E-state index is -2.90. The van der Waals surface area contributed by atoms with Crippen molar-refractivity contribution in [2.24, 2.45) is 15.4 Å². The normalized spacial score (nSPS) is 17.0. The van der Waals surface area contributed by atoms with Crippen LogP contribution in [0.5, 0.6) is 17.2 Å². The Kier molecular flexibility index (Phi) is 4.95. The van der Waals surface area contributed by atoms with Crippen LogP contribution < -0.4 is 14.6 Å². The summed E-state index contributed by atoms with van der Waals surface area (Å²) in [4.78, 5) is 4.87. The number of nitrogens with two attached hydrogens (primary N) is 1. The summed E-state index contributed by atoms with van der Waals surface area (Å²) in [7, 11) is -1.28. The van der Waals surface area contributed by atoms with Gasteiger partial charge in [0.2, 0.25) is 0 Å². The van der Waals surface area contributed by atoms with Gasteiger partial charge in [0.1, 0.15) is 27.2 Å². The molecule has 0 radical (unpaired) electrons. The van der Waals surface area contributed by atoms with E-state index in [0.29, 0.717) is 22.3 Å². The highest BCUT2D eigenvalue weighted by molar-refractivity contribution is 7.91. The smallest absolute Gasteiger partial charge is 0.138 e. The molecule has 4 rings (SSSR count). The number of hydrogen-bond donors (Lipinski definition) is 1. The zero-order chi connectivity index (χ0) is 19.7.